The number of nitrogens with one attached hydrogen (secondary N) is 1. The van der Waals surface area contributed by atoms with E-state index in [1.807, 2.05) is 55.3 Å². The summed E-state index contributed by atoms with van der Waals surface area (Å²) in [6.45, 7) is 3.50. The summed E-state index contributed by atoms with van der Waals surface area (Å²) >= 11 is 5.85. The zero-order valence-corrected chi connectivity index (χ0v) is 16.1. The Labute approximate surface area is 159 Å². The number of hydrogen-bond donors (Lipinski definition) is 1. The van der Waals surface area contributed by atoms with Crippen LogP contribution in [0.1, 0.15) is 12.5 Å². The zero-order valence-electron chi connectivity index (χ0n) is 15.4. The molecule has 0 bridgehead atoms. The molecule has 0 aliphatic heterocycles. The minimum atomic E-state index is -0.248. The van der Waals surface area contributed by atoms with Crippen LogP contribution in [0.25, 0.3) is 0 Å². The number of carbonyl (C=O) groups is 1. The SMILES string of the molecule is COc1ccc(CNC(=O)[C@H](C)N(C)CCOc2ccc(Cl)cc2)cc1. The first-order chi connectivity index (χ1) is 12.5. The molecule has 2 aromatic rings. The van der Waals surface area contributed by atoms with Gasteiger partial charge in [0.2, 0.25) is 5.91 Å². The Kier molecular flexibility index (Phi) is 7.75. The molecule has 0 radical (unpaired) electrons. The van der Waals surface area contributed by atoms with Gasteiger partial charge < -0.3 is 14.8 Å². The first-order valence-electron chi connectivity index (χ1n) is 8.49. The number of rotatable bonds is 9. The van der Waals surface area contributed by atoms with Crippen LogP contribution in [0.2, 0.25) is 5.02 Å². The van der Waals surface area contributed by atoms with Crippen LogP contribution in [0.4, 0.5) is 0 Å². The molecular weight excluding hydrogens is 352 g/mol. The van der Waals surface area contributed by atoms with Crippen molar-refractivity contribution in [3.63, 3.8) is 0 Å². The highest BCUT2D eigenvalue weighted by molar-refractivity contribution is 6.30. The summed E-state index contributed by atoms with van der Waals surface area (Å²) in [5.41, 5.74) is 1.03. The molecule has 0 saturated heterocycles. The molecular formula is C20H25ClN2O3. The number of halogens is 1. The lowest BCUT2D eigenvalue weighted by Crippen LogP contribution is -2.44. The second-order valence-corrected chi connectivity index (χ2v) is 6.46. The predicted octanol–water partition coefficient (Wildman–Crippen LogP) is 3.36. The van der Waals surface area contributed by atoms with Crippen molar-refractivity contribution in [3.05, 3.63) is 59.1 Å². The van der Waals surface area contributed by atoms with Crippen LogP contribution in [0, 0.1) is 0 Å². The van der Waals surface area contributed by atoms with Gasteiger partial charge in [-0.25, -0.2) is 0 Å². The van der Waals surface area contributed by atoms with Gasteiger partial charge in [-0.3, -0.25) is 9.69 Å². The number of methoxy groups -OCH3 is 1. The van der Waals surface area contributed by atoms with Crippen molar-refractivity contribution in [2.75, 3.05) is 27.3 Å². The largest absolute Gasteiger partial charge is 0.497 e. The van der Waals surface area contributed by atoms with Crippen molar-refractivity contribution in [1.29, 1.82) is 0 Å². The molecule has 1 atom stereocenters. The van der Waals surface area contributed by atoms with Gasteiger partial charge in [0.05, 0.1) is 13.2 Å². The normalized spacial score (nSPS) is 11.9. The molecule has 0 aromatic heterocycles. The van der Waals surface area contributed by atoms with Crippen molar-refractivity contribution in [2.45, 2.75) is 19.5 Å². The first kappa shape index (κ1) is 20.1. The number of benzene rings is 2. The van der Waals surface area contributed by atoms with Crippen molar-refractivity contribution in [1.82, 2.24) is 10.2 Å². The second kappa shape index (κ2) is 10.0. The molecule has 0 heterocycles. The van der Waals surface area contributed by atoms with Gasteiger partial charge >= 0.3 is 0 Å². The smallest absolute Gasteiger partial charge is 0.237 e. The van der Waals surface area contributed by atoms with Gasteiger partial charge in [0.15, 0.2) is 0 Å². The van der Waals surface area contributed by atoms with E-state index in [0.29, 0.717) is 24.7 Å². The molecule has 2 rings (SSSR count). The predicted molar refractivity (Wildman–Crippen MR) is 104 cm³/mol. The molecule has 26 heavy (non-hydrogen) atoms. The highest BCUT2D eigenvalue weighted by Gasteiger charge is 2.17. The third-order valence-corrected chi connectivity index (χ3v) is 4.44. The van der Waals surface area contributed by atoms with Gasteiger partial charge in [-0.05, 0) is 55.9 Å². The summed E-state index contributed by atoms with van der Waals surface area (Å²) < 4.78 is 10.8. The van der Waals surface area contributed by atoms with E-state index in [1.54, 1.807) is 19.2 Å². The third kappa shape index (κ3) is 6.24. The number of carbonyl (C=O) groups excluding carboxylic acids is 1. The zero-order chi connectivity index (χ0) is 18.9. The first-order valence-corrected chi connectivity index (χ1v) is 8.86. The Morgan fingerprint density at radius 1 is 1.12 bits per heavy atom. The van der Waals surface area contributed by atoms with Gasteiger partial charge in [-0.15, -0.1) is 0 Å². The number of nitrogens with zero attached hydrogens (tertiary/aromatic N) is 1. The number of likely N-dealkylation sites (N-methyl/N-ethyl adjacent to an activating group) is 1. The van der Waals surface area contributed by atoms with Crippen LogP contribution in [0.5, 0.6) is 11.5 Å². The number of hydrogen-bond acceptors (Lipinski definition) is 4. The fraction of sp³-hybridized carbons (Fsp3) is 0.350. The van der Waals surface area contributed by atoms with Crippen LogP contribution in [-0.4, -0.2) is 44.2 Å². The number of ether oxygens (including phenoxy) is 2. The van der Waals surface area contributed by atoms with Gasteiger partial charge in [0.25, 0.3) is 0 Å². The molecule has 5 nitrogen and oxygen atoms in total. The Morgan fingerprint density at radius 2 is 1.73 bits per heavy atom. The van der Waals surface area contributed by atoms with Crippen LogP contribution >= 0.6 is 11.6 Å². The molecule has 2 aromatic carbocycles. The molecule has 1 N–H and O–H groups in total. The summed E-state index contributed by atoms with van der Waals surface area (Å²) in [6.07, 6.45) is 0. The van der Waals surface area contributed by atoms with Gasteiger partial charge in [0, 0.05) is 18.1 Å². The summed E-state index contributed by atoms with van der Waals surface area (Å²) in [6, 6.07) is 14.6. The molecule has 0 aliphatic carbocycles. The highest BCUT2D eigenvalue weighted by atomic mass is 35.5. The Balaban J connectivity index is 1.72. The Bertz CT molecular complexity index is 689. The standard InChI is InChI=1S/C20H25ClN2O3/c1-15(20(24)22-14-16-4-8-18(25-3)9-5-16)23(2)12-13-26-19-10-6-17(21)7-11-19/h4-11,15H,12-14H2,1-3H3,(H,22,24)/t15-/m0/s1. The monoisotopic (exact) mass is 376 g/mol. The minimum Gasteiger partial charge on any atom is -0.497 e. The Hall–Kier alpha value is -2.24. The third-order valence-electron chi connectivity index (χ3n) is 4.19. The molecule has 0 aliphatic rings. The van der Waals surface area contributed by atoms with Crippen LogP contribution in [0.15, 0.2) is 48.5 Å². The second-order valence-electron chi connectivity index (χ2n) is 6.02. The lowest BCUT2D eigenvalue weighted by molar-refractivity contribution is -0.125. The highest BCUT2D eigenvalue weighted by Crippen LogP contribution is 2.15. The summed E-state index contributed by atoms with van der Waals surface area (Å²) in [7, 11) is 3.54. The van der Waals surface area contributed by atoms with E-state index in [9.17, 15) is 4.79 Å². The molecule has 6 heteroatoms. The molecule has 0 spiro atoms. The number of amides is 1. The quantitative estimate of drug-likeness (QED) is 0.729. The van der Waals surface area contributed by atoms with E-state index in [4.69, 9.17) is 21.1 Å². The van der Waals surface area contributed by atoms with E-state index < -0.39 is 0 Å². The average Bonchev–Trinajstić information content (AvgIpc) is 2.67. The average molecular weight is 377 g/mol. The molecule has 140 valence electrons. The van der Waals surface area contributed by atoms with Gasteiger partial charge in [-0.1, -0.05) is 23.7 Å². The van der Waals surface area contributed by atoms with E-state index in [-0.39, 0.29) is 11.9 Å². The van der Waals surface area contributed by atoms with E-state index >= 15 is 0 Å². The maximum atomic E-state index is 12.3. The van der Waals surface area contributed by atoms with Crippen molar-refractivity contribution in [3.8, 4) is 11.5 Å². The minimum absolute atomic E-state index is 0.0187. The van der Waals surface area contributed by atoms with Gasteiger partial charge in [-0.2, -0.15) is 0 Å². The maximum Gasteiger partial charge on any atom is 0.237 e. The van der Waals surface area contributed by atoms with Crippen LogP contribution in [-0.2, 0) is 11.3 Å². The topological polar surface area (TPSA) is 50.8 Å². The summed E-state index contributed by atoms with van der Waals surface area (Å²) in [4.78, 5) is 14.3. The lowest BCUT2D eigenvalue weighted by Gasteiger charge is -2.24. The lowest BCUT2D eigenvalue weighted by atomic mass is 10.2. The summed E-state index contributed by atoms with van der Waals surface area (Å²) in [5.74, 6) is 1.54. The fourth-order valence-corrected chi connectivity index (χ4v) is 2.44. The Morgan fingerprint density at radius 3 is 2.35 bits per heavy atom. The van der Waals surface area contributed by atoms with Crippen LogP contribution in [0.3, 0.4) is 0 Å². The van der Waals surface area contributed by atoms with Crippen LogP contribution < -0.4 is 14.8 Å². The van der Waals surface area contributed by atoms with Crippen molar-refractivity contribution >= 4 is 17.5 Å². The van der Waals surface area contributed by atoms with Gasteiger partial charge in [0.1, 0.15) is 18.1 Å². The van der Waals surface area contributed by atoms with E-state index in [1.165, 1.54) is 0 Å². The molecule has 0 fully saturated rings. The summed E-state index contributed by atoms with van der Waals surface area (Å²) in [5, 5.41) is 3.63. The van der Waals surface area contributed by atoms with Crippen molar-refractivity contribution in [2.24, 2.45) is 0 Å². The van der Waals surface area contributed by atoms with Crippen molar-refractivity contribution < 1.29 is 14.3 Å². The molecule has 0 saturated carbocycles. The maximum absolute atomic E-state index is 12.3. The van der Waals surface area contributed by atoms with E-state index in [2.05, 4.69) is 5.32 Å². The molecule has 0 unspecified atom stereocenters. The fourth-order valence-electron chi connectivity index (χ4n) is 2.31. The molecule has 1 amide bonds. The van der Waals surface area contributed by atoms with E-state index in [0.717, 1.165) is 17.1 Å².